The Hall–Kier alpha value is -1.51. The molecule has 3 heteroatoms. The number of hydrogen-bond donors (Lipinski definition) is 1. The third-order valence-electron chi connectivity index (χ3n) is 4.79. The minimum absolute atomic E-state index is 0.109. The van der Waals surface area contributed by atoms with Gasteiger partial charge in [0.05, 0.1) is 0 Å². The van der Waals surface area contributed by atoms with E-state index in [4.69, 9.17) is 4.74 Å². The van der Waals surface area contributed by atoms with Gasteiger partial charge in [0, 0.05) is 5.69 Å². The van der Waals surface area contributed by atoms with Gasteiger partial charge in [-0.1, -0.05) is 43.9 Å². The predicted octanol–water partition coefficient (Wildman–Crippen LogP) is 4.59. The summed E-state index contributed by atoms with van der Waals surface area (Å²) in [5, 5.41) is 2.80. The highest BCUT2D eigenvalue weighted by Gasteiger charge is 2.33. The Kier molecular flexibility index (Phi) is 4.24. The molecule has 3 atom stereocenters. The van der Waals surface area contributed by atoms with E-state index >= 15 is 0 Å². The molecule has 0 aliphatic heterocycles. The number of hydrogen-bond acceptors (Lipinski definition) is 2. The van der Waals surface area contributed by atoms with Crippen molar-refractivity contribution in [3.05, 3.63) is 30.3 Å². The lowest BCUT2D eigenvalue weighted by Crippen LogP contribution is -2.33. The third kappa shape index (κ3) is 3.33. The number of carbonyl (C=O) groups is 1. The molecule has 1 N–H and O–H groups in total. The van der Waals surface area contributed by atoms with E-state index in [9.17, 15) is 4.79 Å². The van der Waals surface area contributed by atoms with E-state index in [0.717, 1.165) is 30.4 Å². The van der Waals surface area contributed by atoms with Crippen LogP contribution in [0.25, 0.3) is 0 Å². The maximum Gasteiger partial charge on any atom is 0.411 e. The van der Waals surface area contributed by atoms with Crippen molar-refractivity contribution in [2.45, 2.75) is 51.0 Å². The van der Waals surface area contributed by atoms with Crippen molar-refractivity contribution in [2.75, 3.05) is 5.32 Å². The topological polar surface area (TPSA) is 38.3 Å². The molecule has 0 spiro atoms. The van der Waals surface area contributed by atoms with Crippen molar-refractivity contribution in [3.8, 4) is 0 Å². The van der Waals surface area contributed by atoms with Crippen LogP contribution in [0.15, 0.2) is 30.3 Å². The number of ether oxygens (including phenoxy) is 1. The molecule has 2 saturated carbocycles. The molecule has 1 aromatic carbocycles. The molecule has 0 bridgehead atoms. The lowest BCUT2D eigenvalue weighted by atomic mass is 9.70. The van der Waals surface area contributed by atoms with Gasteiger partial charge in [-0.3, -0.25) is 5.32 Å². The average molecular weight is 273 g/mol. The quantitative estimate of drug-likeness (QED) is 0.855. The van der Waals surface area contributed by atoms with Gasteiger partial charge in [0.15, 0.2) is 0 Å². The molecule has 0 aromatic heterocycles. The molecule has 1 amide bonds. The van der Waals surface area contributed by atoms with Crippen LogP contribution in [0.3, 0.4) is 0 Å². The van der Waals surface area contributed by atoms with E-state index in [1.165, 1.54) is 32.1 Å². The van der Waals surface area contributed by atoms with Crippen molar-refractivity contribution in [3.63, 3.8) is 0 Å². The van der Waals surface area contributed by atoms with Gasteiger partial charge in [-0.15, -0.1) is 0 Å². The lowest BCUT2D eigenvalue weighted by Gasteiger charge is -2.38. The Morgan fingerprint density at radius 2 is 1.75 bits per heavy atom. The summed E-state index contributed by atoms with van der Waals surface area (Å²) in [5.41, 5.74) is 0.795. The summed E-state index contributed by atoms with van der Waals surface area (Å²) in [7, 11) is 0. The van der Waals surface area contributed by atoms with Crippen LogP contribution in [0.5, 0.6) is 0 Å². The summed E-state index contributed by atoms with van der Waals surface area (Å²) < 4.78 is 5.59. The molecule has 1 aromatic rings. The van der Waals surface area contributed by atoms with Crippen LogP contribution in [0.4, 0.5) is 10.5 Å². The number of amides is 1. The van der Waals surface area contributed by atoms with Crippen LogP contribution < -0.4 is 5.32 Å². The van der Waals surface area contributed by atoms with Gasteiger partial charge in [-0.25, -0.2) is 4.79 Å². The van der Waals surface area contributed by atoms with E-state index in [0.29, 0.717) is 0 Å². The first-order valence-corrected chi connectivity index (χ1v) is 7.84. The second-order valence-corrected chi connectivity index (χ2v) is 6.14. The minimum atomic E-state index is -0.310. The number of carbonyl (C=O) groups excluding carboxylic acids is 1. The number of rotatable bonds is 2. The number of benzene rings is 1. The Morgan fingerprint density at radius 1 is 1.00 bits per heavy atom. The summed E-state index contributed by atoms with van der Waals surface area (Å²) in [6.07, 6.45) is 8.57. The fourth-order valence-corrected chi connectivity index (χ4v) is 3.76. The zero-order valence-corrected chi connectivity index (χ0v) is 11.9. The van der Waals surface area contributed by atoms with Crippen molar-refractivity contribution >= 4 is 11.8 Å². The monoisotopic (exact) mass is 273 g/mol. The SMILES string of the molecule is O=C(Nc1ccccc1)O[C@@H]1CC[C@@H]2CCCC[C@@H]2C1. The number of nitrogens with one attached hydrogen (secondary N) is 1. The van der Waals surface area contributed by atoms with E-state index in [-0.39, 0.29) is 12.2 Å². The van der Waals surface area contributed by atoms with Crippen LogP contribution >= 0.6 is 0 Å². The first-order chi connectivity index (χ1) is 9.81. The maximum absolute atomic E-state index is 11.9. The molecule has 108 valence electrons. The van der Waals surface area contributed by atoms with Gasteiger partial charge in [-0.2, -0.15) is 0 Å². The Balaban J connectivity index is 1.49. The van der Waals surface area contributed by atoms with Crippen LogP contribution in [0.2, 0.25) is 0 Å². The fourth-order valence-electron chi connectivity index (χ4n) is 3.76. The molecule has 2 aliphatic carbocycles. The molecule has 2 fully saturated rings. The van der Waals surface area contributed by atoms with Gasteiger partial charge < -0.3 is 4.74 Å². The minimum Gasteiger partial charge on any atom is -0.446 e. The van der Waals surface area contributed by atoms with Crippen LogP contribution in [0.1, 0.15) is 44.9 Å². The number of para-hydroxylation sites is 1. The third-order valence-corrected chi connectivity index (χ3v) is 4.79. The second-order valence-electron chi connectivity index (χ2n) is 6.14. The average Bonchev–Trinajstić information content (AvgIpc) is 2.48. The van der Waals surface area contributed by atoms with Crippen LogP contribution in [0, 0.1) is 11.8 Å². The highest BCUT2D eigenvalue weighted by atomic mass is 16.6. The fraction of sp³-hybridized carbons (Fsp3) is 0.588. The molecule has 0 heterocycles. The Morgan fingerprint density at radius 3 is 2.55 bits per heavy atom. The maximum atomic E-state index is 11.9. The summed E-state index contributed by atoms with van der Waals surface area (Å²) in [4.78, 5) is 11.9. The van der Waals surface area contributed by atoms with Crippen molar-refractivity contribution in [1.29, 1.82) is 0 Å². The molecular formula is C17H23NO2. The Labute approximate surface area is 120 Å². The number of anilines is 1. The van der Waals surface area contributed by atoms with Crippen LogP contribution in [-0.2, 0) is 4.74 Å². The highest BCUT2D eigenvalue weighted by Crippen LogP contribution is 2.41. The van der Waals surface area contributed by atoms with Gasteiger partial charge in [-0.05, 0) is 43.2 Å². The van der Waals surface area contributed by atoms with Crippen molar-refractivity contribution in [1.82, 2.24) is 0 Å². The summed E-state index contributed by atoms with van der Waals surface area (Å²) in [6.45, 7) is 0. The van der Waals surface area contributed by atoms with Crippen molar-refractivity contribution < 1.29 is 9.53 Å². The van der Waals surface area contributed by atoms with E-state index in [1.807, 2.05) is 30.3 Å². The standard InChI is InChI=1S/C17H23NO2/c19-17(18-15-8-2-1-3-9-15)20-16-11-10-13-6-4-5-7-14(13)12-16/h1-3,8-9,13-14,16H,4-7,10-12H2,(H,18,19)/t13-,14+,16+/m0/s1. The second kappa shape index (κ2) is 6.29. The van der Waals surface area contributed by atoms with Crippen molar-refractivity contribution in [2.24, 2.45) is 11.8 Å². The first kappa shape index (κ1) is 13.5. The van der Waals surface area contributed by atoms with Crippen LogP contribution in [-0.4, -0.2) is 12.2 Å². The predicted molar refractivity (Wildman–Crippen MR) is 79.6 cm³/mol. The summed E-state index contributed by atoms with van der Waals surface area (Å²) in [6, 6.07) is 9.49. The lowest BCUT2D eigenvalue weighted by molar-refractivity contribution is 0.0339. The van der Waals surface area contributed by atoms with E-state index in [2.05, 4.69) is 5.32 Å². The molecule has 3 rings (SSSR count). The molecule has 2 aliphatic rings. The molecule has 3 nitrogen and oxygen atoms in total. The van der Waals surface area contributed by atoms with E-state index in [1.54, 1.807) is 0 Å². The molecular weight excluding hydrogens is 250 g/mol. The van der Waals surface area contributed by atoms with Gasteiger partial charge in [0.2, 0.25) is 0 Å². The molecule has 0 unspecified atom stereocenters. The normalized spacial score (nSPS) is 29.3. The molecule has 0 radical (unpaired) electrons. The zero-order chi connectivity index (χ0) is 13.8. The zero-order valence-electron chi connectivity index (χ0n) is 11.9. The number of fused-ring (bicyclic) bond motifs is 1. The molecule has 0 saturated heterocycles. The highest BCUT2D eigenvalue weighted by molar-refractivity contribution is 5.84. The van der Waals surface area contributed by atoms with E-state index < -0.39 is 0 Å². The smallest absolute Gasteiger partial charge is 0.411 e. The summed E-state index contributed by atoms with van der Waals surface area (Å²) in [5.74, 6) is 1.67. The van der Waals surface area contributed by atoms with Gasteiger partial charge >= 0.3 is 6.09 Å². The first-order valence-electron chi connectivity index (χ1n) is 7.84. The molecule has 20 heavy (non-hydrogen) atoms. The van der Waals surface area contributed by atoms with Gasteiger partial charge in [0.1, 0.15) is 6.10 Å². The summed E-state index contributed by atoms with van der Waals surface area (Å²) >= 11 is 0. The Bertz CT molecular complexity index is 446. The largest absolute Gasteiger partial charge is 0.446 e. The van der Waals surface area contributed by atoms with Gasteiger partial charge in [0.25, 0.3) is 0 Å².